The monoisotopic (exact) mass is 364 g/mol. The zero-order valence-electron chi connectivity index (χ0n) is 14.4. The molecule has 1 fully saturated rings. The second-order valence-electron chi connectivity index (χ2n) is 6.11. The number of piperazine rings is 1. The molecule has 134 valence electrons. The average molecular weight is 365 g/mol. The van der Waals surface area contributed by atoms with Crippen molar-refractivity contribution >= 4 is 23.4 Å². The van der Waals surface area contributed by atoms with Crippen LogP contribution in [0.2, 0.25) is 5.02 Å². The first kappa shape index (κ1) is 17.5. The molecule has 3 rings (SSSR count). The van der Waals surface area contributed by atoms with E-state index in [-0.39, 0.29) is 11.8 Å². The van der Waals surface area contributed by atoms with Crippen LogP contribution in [0, 0.1) is 13.8 Å². The van der Waals surface area contributed by atoms with Crippen LogP contribution in [0.4, 0.5) is 0 Å². The topological polar surface area (TPSA) is 71.6 Å². The number of carbonyl (C=O) groups is 2. The molecule has 25 heavy (non-hydrogen) atoms. The maximum Gasteiger partial charge on any atom is 0.289 e. The highest BCUT2D eigenvalue weighted by atomic mass is 35.5. The fraction of sp³-hybridized carbons (Fsp3) is 0.471. The Balaban J connectivity index is 1.50. The van der Waals surface area contributed by atoms with Gasteiger partial charge in [-0.3, -0.25) is 14.3 Å². The van der Waals surface area contributed by atoms with E-state index in [2.05, 4.69) is 5.10 Å². The molecule has 1 aliphatic rings. The van der Waals surface area contributed by atoms with Crippen molar-refractivity contribution in [3.8, 4) is 0 Å². The maximum atomic E-state index is 12.4. The van der Waals surface area contributed by atoms with Gasteiger partial charge in [-0.05, 0) is 26.0 Å². The lowest BCUT2D eigenvalue weighted by atomic mass is 10.2. The number of rotatable bonds is 4. The smallest absolute Gasteiger partial charge is 0.289 e. The maximum absolute atomic E-state index is 12.4. The van der Waals surface area contributed by atoms with E-state index >= 15 is 0 Å². The van der Waals surface area contributed by atoms with Crippen LogP contribution in [0.5, 0.6) is 0 Å². The summed E-state index contributed by atoms with van der Waals surface area (Å²) in [6, 6.07) is 3.34. The van der Waals surface area contributed by atoms with Crippen molar-refractivity contribution in [3.05, 3.63) is 40.6 Å². The molecule has 0 radical (unpaired) electrons. The Morgan fingerprint density at radius 3 is 2.44 bits per heavy atom. The van der Waals surface area contributed by atoms with Gasteiger partial charge in [0, 0.05) is 32.6 Å². The lowest BCUT2D eigenvalue weighted by molar-refractivity contribution is -0.132. The second kappa shape index (κ2) is 7.31. The van der Waals surface area contributed by atoms with E-state index in [0.717, 1.165) is 11.4 Å². The molecular weight excluding hydrogens is 344 g/mol. The predicted molar refractivity (Wildman–Crippen MR) is 92.5 cm³/mol. The minimum Gasteiger partial charge on any atom is -0.459 e. The molecule has 3 heterocycles. The first-order valence-corrected chi connectivity index (χ1v) is 8.65. The number of carbonyl (C=O) groups excluding carboxylic acids is 2. The number of aryl methyl sites for hydroxylation is 2. The first-order valence-electron chi connectivity index (χ1n) is 8.27. The highest BCUT2D eigenvalue weighted by molar-refractivity contribution is 6.31. The molecule has 2 amide bonds. The van der Waals surface area contributed by atoms with Crippen LogP contribution in [0.3, 0.4) is 0 Å². The van der Waals surface area contributed by atoms with Gasteiger partial charge in [-0.25, -0.2) is 0 Å². The van der Waals surface area contributed by atoms with Crippen molar-refractivity contribution in [2.75, 3.05) is 26.2 Å². The summed E-state index contributed by atoms with van der Waals surface area (Å²) in [7, 11) is 0. The summed E-state index contributed by atoms with van der Waals surface area (Å²) in [5, 5.41) is 4.99. The van der Waals surface area contributed by atoms with Crippen molar-refractivity contribution in [1.29, 1.82) is 0 Å². The molecule has 1 aliphatic heterocycles. The molecule has 0 bridgehead atoms. The van der Waals surface area contributed by atoms with E-state index in [9.17, 15) is 9.59 Å². The molecular formula is C17H21ClN4O3. The highest BCUT2D eigenvalue weighted by Gasteiger charge is 2.26. The third-order valence-corrected chi connectivity index (χ3v) is 5.03. The summed E-state index contributed by atoms with van der Waals surface area (Å²) in [5.41, 5.74) is 1.65. The Hall–Kier alpha value is -2.28. The van der Waals surface area contributed by atoms with E-state index in [0.29, 0.717) is 49.9 Å². The van der Waals surface area contributed by atoms with Crippen molar-refractivity contribution < 1.29 is 14.0 Å². The van der Waals surface area contributed by atoms with Gasteiger partial charge in [0.05, 0.1) is 29.2 Å². The van der Waals surface area contributed by atoms with Crippen molar-refractivity contribution in [2.24, 2.45) is 0 Å². The number of furan rings is 1. The molecule has 7 nitrogen and oxygen atoms in total. The van der Waals surface area contributed by atoms with E-state index in [4.69, 9.17) is 16.0 Å². The molecule has 0 aliphatic carbocycles. The van der Waals surface area contributed by atoms with Gasteiger partial charge in [0.25, 0.3) is 5.91 Å². The largest absolute Gasteiger partial charge is 0.459 e. The van der Waals surface area contributed by atoms with Crippen molar-refractivity contribution in [2.45, 2.75) is 26.8 Å². The van der Waals surface area contributed by atoms with Gasteiger partial charge in [0.15, 0.2) is 5.76 Å². The van der Waals surface area contributed by atoms with Crippen LogP contribution in [0.15, 0.2) is 22.8 Å². The number of hydrogen-bond acceptors (Lipinski definition) is 4. The third kappa shape index (κ3) is 3.71. The SMILES string of the molecule is Cc1nn(CCC(=O)N2CCN(C(=O)c3ccco3)CC2)c(C)c1Cl. The molecule has 0 N–H and O–H groups in total. The third-order valence-electron chi connectivity index (χ3n) is 4.48. The Morgan fingerprint density at radius 1 is 1.20 bits per heavy atom. The Labute approximate surface area is 151 Å². The van der Waals surface area contributed by atoms with Crippen molar-refractivity contribution in [3.63, 3.8) is 0 Å². The van der Waals surface area contributed by atoms with Crippen LogP contribution in [-0.2, 0) is 11.3 Å². The Kier molecular flexibility index (Phi) is 5.13. The summed E-state index contributed by atoms with van der Waals surface area (Å²) in [6.45, 7) is 6.33. The Morgan fingerprint density at radius 2 is 1.88 bits per heavy atom. The quantitative estimate of drug-likeness (QED) is 0.833. The summed E-state index contributed by atoms with van der Waals surface area (Å²) in [6.07, 6.45) is 1.85. The molecule has 0 spiro atoms. The van der Waals surface area contributed by atoms with E-state index in [1.807, 2.05) is 13.8 Å². The van der Waals surface area contributed by atoms with Gasteiger partial charge in [-0.1, -0.05) is 11.6 Å². The molecule has 1 saturated heterocycles. The number of hydrogen-bond donors (Lipinski definition) is 0. The Bertz CT molecular complexity index is 761. The fourth-order valence-electron chi connectivity index (χ4n) is 2.97. The van der Waals surface area contributed by atoms with Gasteiger partial charge in [0.2, 0.25) is 5.91 Å². The van der Waals surface area contributed by atoms with Crippen LogP contribution >= 0.6 is 11.6 Å². The molecule has 0 saturated carbocycles. The standard InChI is InChI=1S/C17H21ClN4O3/c1-12-16(18)13(2)22(19-12)6-5-15(23)20-7-9-21(10-8-20)17(24)14-4-3-11-25-14/h3-4,11H,5-10H2,1-2H3. The molecule has 0 unspecified atom stereocenters. The molecule has 0 aromatic carbocycles. The summed E-state index contributed by atoms with van der Waals surface area (Å²) in [5.74, 6) is 0.268. The van der Waals surface area contributed by atoms with Gasteiger partial charge in [-0.2, -0.15) is 5.10 Å². The van der Waals surface area contributed by atoms with Crippen LogP contribution in [0.1, 0.15) is 28.4 Å². The summed E-state index contributed by atoms with van der Waals surface area (Å²) in [4.78, 5) is 28.1. The number of amides is 2. The molecule has 8 heteroatoms. The van der Waals surface area contributed by atoms with Gasteiger partial charge in [-0.15, -0.1) is 0 Å². The number of nitrogens with zero attached hydrogens (tertiary/aromatic N) is 4. The number of halogens is 1. The van der Waals surface area contributed by atoms with E-state index in [1.165, 1.54) is 6.26 Å². The van der Waals surface area contributed by atoms with Crippen LogP contribution < -0.4 is 0 Å². The molecule has 0 atom stereocenters. The highest BCUT2D eigenvalue weighted by Crippen LogP contribution is 2.19. The lowest BCUT2D eigenvalue weighted by Gasteiger charge is -2.34. The second-order valence-corrected chi connectivity index (χ2v) is 6.49. The van der Waals surface area contributed by atoms with E-state index < -0.39 is 0 Å². The van der Waals surface area contributed by atoms with Gasteiger partial charge in [0.1, 0.15) is 0 Å². The average Bonchev–Trinajstić information content (AvgIpc) is 3.24. The van der Waals surface area contributed by atoms with E-state index in [1.54, 1.807) is 26.6 Å². The van der Waals surface area contributed by atoms with Crippen LogP contribution in [0.25, 0.3) is 0 Å². The summed E-state index contributed by atoms with van der Waals surface area (Å²) < 4.78 is 6.91. The van der Waals surface area contributed by atoms with Gasteiger partial charge >= 0.3 is 0 Å². The van der Waals surface area contributed by atoms with Crippen LogP contribution in [-0.4, -0.2) is 57.6 Å². The molecule has 2 aromatic heterocycles. The van der Waals surface area contributed by atoms with Crippen molar-refractivity contribution in [1.82, 2.24) is 19.6 Å². The molecule has 2 aromatic rings. The minimum absolute atomic E-state index is 0.0637. The first-order chi connectivity index (χ1) is 12.0. The lowest BCUT2D eigenvalue weighted by Crippen LogP contribution is -2.50. The summed E-state index contributed by atoms with van der Waals surface area (Å²) >= 11 is 6.13. The predicted octanol–water partition coefficient (Wildman–Crippen LogP) is 2.12. The normalized spacial score (nSPS) is 14.8. The zero-order valence-corrected chi connectivity index (χ0v) is 15.1. The van der Waals surface area contributed by atoms with Gasteiger partial charge < -0.3 is 14.2 Å². The zero-order chi connectivity index (χ0) is 18.0. The number of aromatic nitrogens is 2. The fourth-order valence-corrected chi connectivity index (χ4v) is 3.10. The minimum atomic E-state index is -0.130.